The van der Waals surface area contributed by atoms with Gasteiger partial charge in [-0.3, -0.25) is 4.79 Å². The second kappa shape index (κ2) is 3.55. The van der Waals surface area contributed by atoms with E-state index in [1.54, 1.807) is 17.0 Å². The van der Waals surface area contributed by atoms with E-state index in [2.05, 4.69) is 0 Å². The van der Waals surface area contributed by atoms with Gasteiger partial charge in [0.05, 0.1) is 5.69 Å². The number of aryl methyl sites for hydroxylation is 1. The average molecular weight is 206 g/mol. The van der Waals surface area contributed by atoms with Crippen LogP contribution in [0.3, 0.4) is 0 Å². The number of benzene rings is 1. The van der Waals surface area contributed by atoms with E-state index < -0.39 is 0 Å². The Bertz CT molecular complexity index is 383. The maximum Gasteiger partial charge on any atom is 0.228 e. The van der Waals surface area contributed by atoms with Gasteiger partial charge in [0.1, 0.15) is 5.75 Å². The van der Waals surface area contributed by atoms with E-state index in [0.29, 0.717) is 18.7 Å². The van der Waals surface area contributed by atoms with Gasteiger partial charge in [-0.1, -0.05) is 12.1 Å². The zero-order valence-electron chi connectivity index (χ0n) is 8.60. The summed E-state index contributed by atoms with van der Waals surface area (Å²) in [7, 11) is 0. The van der Waals surface area contributed by atoms with E-state index in [9.17, 15) is 9.90 Å². The molecule has 1 aliphatic heterocycles. The lowest BCUT2D eigenvalue weighted by Gasteiger charge is -2.19. The fourth-order valence-electron chi connectivity index (χ4n) is 1.95. The van der Waals surface area contributed by atoms with Crippen molar-refractivity contribution in [2.24, 2.45) is 5.73 Å². The fourth-order valence-corrected chi connectivity index (χ4v) is 1.95. The number of nitrogens with zero attached hydrogens (tertiary/aromatic N) is 1. The summed E-state index contributed by atoms with van der Waals surface area (Å²) >= 11 is 0. The lowest BCUT2D eigenvalue weighted by molar-refractivity contribution is -0.117. The molecule has 0 saturated carbocycles. The molecule has 1 aromatic carbocycles. The number of phenols is 1. The number of rotatable bonds is 1. The summed E-state index contributed by atoms with van der Waals surface area (Å²) in [5.41, 5.74) is 7.19. The molecule has 1 fully saturated rings. The standard InChI is InChI=1S/C11H14N2O2/c1-7-3-2-4-9(14)11(7)13-6-8(12)5-10(13)15/h2-4,8,14H,5-6,12H2,1H3. The third-order valence-corrected chi connectivity index (χ3v) is 2.64. The van der Waals surface area contributed by atoms with Gasteiger partial charge in [0, 0.05) is 19.0 Å². The molecule has 3 N–H and O–H groups in total. The van der Waals surface area contributed by atoms with Crippen LogP contribution in [0, 0.1) is 6.92 Å². The molecule has 1 heterocycles. The van der Waals surface area contributed by atoms with Crippen LogP contribution >= 0.6 is 0 Å². The first-order valence-corrected chi connectivity index (χ1v) is 4.94. The first-order chi connectivity index (χ1) is 7.09. The second-order valence-electron chi connectivity index (χ2n) is 3.91. The smallest absolute Gasteiger partial charge is 0.228 e. The van der Waals surface area contributed by atoms with Crippen molar-refractivity contribution in [3.8, 4) is 5.75 Å². The summed E-state index contributed by atoms with van der Waals surface area (Å²) in [4.78, 5) is 13.2. The van der Waals surface area contributed by atoms with Crippen molar-refractivity contribution in [2.45, 2.75) is 19.4 Å². The van der Waals surface area contributed by atoms with Gasteiger partial charge in [0.25, 0.3) is 0 Å². The number of amides is 1. The molecule has 80 valence electrons. The molecule has 1 aliphatic rings. The van der Waals surface area contributed by atoms with Gasteiger partial charge in [-0.15, -0.1) is 0 Å². The molecule has 2 rings (SSSR count). The van der Waals surface area contributed by atoms with Crippen LogP contribution in [0.2, 0.25) is 0 Å². The number of anilines is 1. The molecule has 0 bridgehead atoms. The minimum atomic E-state index is -0.128. The summed E-state index contributed by atoms with van der Waals surface area (Å²) in [5, 5.41) is 9.72. The highest BCUT2D eigenvalue weighted by Crippen LogP contribution is 2.33. The van der Waals surface area contributed by atoms with Crippen LogP contribution in [0.4, 0.5) is 5.69 Å². The quantitative estimate of drug-likeness (QED) is 0.713. The molecule has 0 radical (unpaired) electrons. The van der Waals surface area contributed by atoms with E-state index >= 15 is 0 Å². The van der Waals surface area contributed by atoms with Crippen LogP contribution in [-0.2, 0) is 4.79 Å². The molecular weight excluding hydrogens is 192 g/mol. The minimum absolute atomic E-state index is 0.0212. The Labute approximate surface area is 88.3 Å². The van der Waals surface area contributed by atoms with Gasteiger partial charge >= 0.3 is 0 Å². The van der Waals surface area contributed by atoms with Gasteiger partial charge in [-0.2, -0.15) is 0 Å². The van der Waals surface area contributed by atoms with Gasteiger partial charge in [-0.25, -0.2) is 0 Å². The summed E-state index contributed by atoms with van der Waals surface area (Å²) in [6.07, 6.45) is 0.355. The topological polar surface area (TPSA) is 66.6 Å². The lowest BCUT2D eigenvalue weighted by atomic mass is 10.1. The third-order valence-electron chi connectivity index (χ3n) is 2.64. The van der Waals surface area contributed by atoms with Crippen molar-refractivity contribution in [3.63, 3.8) is 0 Å². The zero-order valence-corrected chi connectivity index (χ0v) is 8.60. The first-order valence-electron chi connectivity index (χ1n) is 4.94. The molecule has 1 atom stereocenters. The zero-order chi connectivity index (χ0) is 11.0. The van der Waals surface area contributed by atoms with E-state index in [4.69, 9.17) is 5.73 Å². The number of carbonyl (C=O) groups is 1. The molecule has 4 nitrogen and oxygen atoms in total. The predicted octanol–water partition coefficient (Wildman–Crippen LogP) is 0.765. The van der Waals surface area contributed by atoms with Crippen LogP contribution in [-0.4, -0.2) is 23.6 Å². The first kappa shape index (κ1) is 9.98. The molecule has 15 heavy (non-hydrogen) atoms. The molecular formula is C11H14N2O2. The Morgan fingerprint density at radius 1 is 1.53 bits per heavy atom. The van der Waals surface area contributed by atoms with Gasteiger partial charge < -0.3 is 15.7 Å². The molecule has 4 heteroatoms. The third kappa shape index (κ3) is 1.68. The van der Waals surface area contributed by atoms with Crippen LogP contribution in [0.1, 0.15) is 12.0 Å². The van der Waals surface area contributed by atoms with Crippen molar-refractivity contribution in [1.29, 1.82) is 0 Å². The second-order valence-corrected chi connectivity index (χ2v) is 3.91. The predicted molar refractivity (Wildman–Crippen MR) is 57.8 cm³/mol. The van der Waals surface area contributed by atoms with Crippen LogP contribution in [0.5, 0.6) is 5.75 Å². The van der Waals surface area contributed by atoms with E-state index in [0.717, 1.165) is 5.56 Å². The molecule has 1 aromatic rings. The number of aromatic hydroxyl groups is 1. The van der Waals surface area contributed by atoms with Crippen LogP contribution < -0.4 is 10.6 Å². The summed E-state index contributed by atoms with van der Waals surface area (Å²) in [5.74, 6) is 0.115. The monoisotopic (exact) mass is 206 g/mol. The number of hydrogen-bond acceptors (Lipinski definition) is 3. The van der Waals surface area contributed by atoms with Crippen molar-refractivity contribution >= 4 is 11.6 Å². The molecule has 1 unspecified atom stereocenters. The summed E-state index contributed by atoms with van der Waals surface area (Å²) in [6, 6.07) is 5.08. The van der Waals surface area contributed by atoms with Gasteiger partial charge in [0.2, 0.25) is 5.91 Å². The number of carbonyl (C=O) groups excluding carboxylic acids is 1. The average Bonchev–Trinajstić information content (AvgIpc) is 2.45. The Kier molecular flexibility index (Phi) is 2.36. The molecule has 0 aliphatic carbocycles. The van der Waals surface area contributed by atoms with Crippen molar-refractivity contribution in [1.82, 2.24) is 0 Å². The molecule has 1 saturated heterocycles. The number of hydrogen-bond donors (Lipinski definition) is 2. The molecule has 0 aromatic heterocycles. The highest BCUT2D eigenvalue weighted by Gasteiger charge is 2.30. The SMILES string of the molecule is Cc1cccc(O)c1N1CC(N)CC1=O. The highest BCUT2D eigenvalue weighted by atomic mass is 16.3. The van der Waals surface area contributed by atoms with E-state index in [-0.39, 0.29) is 17.7 Å². The molecule has 1 amide bonds. The van der Waals surface area contributed by atoms with Gasteiger partial charge in [0.15, 0.2) is 0 Å². The molecule has 0 spiro atoms. The largest absolute Gasteiger partial charge is 0.506 e. The normalized spacial score (nSPS) is 21.1. The number of para-hydroxylation sites is 1. The van der Waals surface area contributed by atoms with E-state index in [1.807, 2.05) is 13.0 Å². The highest BCUT2D eigenvalue weighted by molar-refractivity contribution is 5.98. The Morgan fingerprint density at radius 2 is 2.27 bits per heavy atom. The number of nitrogens with two attached hydrogens (primary N) is 1. The Balaban J connectivity index is 2.41. The maximum absolute atomic E-state index is 11.6. The summed E-state index contributed by atoms with van der Waals surface area (Å²) < 4.78 is 0. The minimum Gasteiger partial charge on any atom is -0.506 e. The fraction of sp³-hybridized carbons (Fsp3) is 0.364. The lowest BCUT2D eigenvalue weighted by Crippen LogP contribution is -2.28. The summed E-state index contributed by atoms with van der Waals surface area (Å²) in [6.45, 7) is 2.35. The Morgan fingerprint density at radius 3 is 2.80 bits per heavy atom. The number of phenolic OH excluding ortho intramolecular Hbond substituents is 1. The van der Waals surface area contributed by atoms with Crippen LogP contribution in [0.25, 0.3) is 0 Å². The van der Waals surface area contributed by atoms with Crippen molar-refractivity contribution in [3.05, 3.63) is 23.8 Å². The van der Waals surface area contributed by atoms with Crippen LogP contribution in [0.15, 0.2) is 18.2 Å². The van der Waals surface area contributed by atoms with Crippen molar-refractivity contribution < 1.29 is 9.90 Å². The van der Waals surface area contributed by atoms with Gasteiger partial charge in [-0.05, 0) is 18.6 Å². The van der Waals surface area contributed by atoms with Crippen molar-refractivity contribution in [2.75, 3.05) is 11.4 Å². The van der Waals surface area contributed by atoms with E-state index in [1.165, 1.54) is 0 Å². The maximum atomic E-state index is 11.6. The Hall–Kier alpha value is -1.55.